The molecule has 1 saturated heterocycles. The lowest BCUT2D eigenvalue weighted by Gasteiger charge is -2.35. The number of rotatable bonds is 2. The maximum absolute atomic E-state index is 9.36. The van der Waals surface area contributed by atoms with Crippen molar-refractivity contribution in [2.24, 2.45) is 10.9 Å². The molecule has 1 aliphatic rings. The molecule has 1 aliphatic heterocycles. The standard InChI is InChI=1S/C15H32N6O/c1-14(2)12(17)11-13(20-22)15(3,4)19-7-10-21(8-5-16)9-6-18-14/h17-19,22H,5-11,16H2,1-4H3/b17-12?,20-13-. The highest BCUT2D eigenvalue weighted by molar-refractivity contribution is 6.10. The Hall–Kier alpha value is -1.02. The first-order valence-corrected chi connectivity index (χ1v) is 7.94. The monoisotopic (exact) mass is 312 g/mol. The Morgan fingerprint density at radius 1 is 1.18 bits per heavy atom. The molecular weight excluding hydrogens is 280 g/mol. The Morgan fingerprint density at radius 3 is 2.23 bits per heavy atom. The third kappa shape index (κ3) is 5.31. The molecule has 22 heavy (non-hydrogen) atoms. The van der Waals surface area contributed by atoms with Crippen LogP contribution in [0.15, 0.2) is 5.16 Å². The van der Waals surface area contributed by atoms with Gasteiger partial charge in [0.25, 0.3) is 0 Å². The largest absolute Gasteiger partial charge is 0.411 e. The molecule has 6 N–H and O–H groups in total. The van der Waals surface area contributed by atoms with Gasteiger partial charge in [0.2, 0.25) is 0 Å². The molecule has 0 unspecified atom stereocenters. The summed E-state index contributed by atoms with van der Waals surface area (Å²) < 4.78 is 0. The van der Waals surface area contributed by atoms with Gasteiger partial charge < -0.3 is 27.0 Å². The van der Waals surface area contributed by atoms with Crippen LogP contribution in [0, 0.1) is 5.41 Å². The van der Waals surface area contributed by atoms with Crippen LogP contribution in [0.2, 0.25) is 0 Å². The van der Waals surface area contributed by atoms with E-state index in [9.17, 15) is 5.21 Å². The smallest absolute Gasteiger partial charge is 0.0821 e. The highest BCUT2D eigenvalue weighted by atomic mass is 16.4. The first-order chi connectivity index (χ1) is 10.2. The average Bonchev–Trinajstić information content (AvgIpc) is 2.42. The van der Waals surface area contributed by atoms with Crippen molar-refractivity contribution in [2.75, 3.05) is 39.3 Å². The molecule has 128 valence electrons. The zero-order chi connectivity index (χ0) is 16.8. The predicted octanol–water partition coefficient (Wildman–Crippen LogP) is 0.237. The topological polar surface area (TPSA) is 110 Å². The summed E-state index contributed by atoms with van der Waals surface area (Å²) >= 11 is 0. The lowest BCUT2D eigenvalue weighted by molar-refractivity contribution is 0.263. The fourth-order valence-corrected chi connectivity index (χ4v) is 2.55. The summed E-state index contributed by atoms with van der Waals surface area (Å²) in [5.41, 5.74) is 5.89. The van der Waals surface area contributed by atoms with Crippen LogP contribution in [0.25, 0.3) is 0 Å². The lowest BCUT2D eigenvalue weighted by atomic mass is 9.87. The Morgan fingerprint density at radius 2 is 1.73 bits per heavy atom. The Bertz CT molecular complexity index is 405. The summed E-state index contributed by atoms with van der Waals surface area (Å²) in [5.74, 6) is 0. The van der Waals surface area contributed by atoms with Crippen molar-refractivity contribution in [3.05, 3.63) is 0 Å². The van der Waals surface area contributed by atoms with Gasteiger partial charge in [-0.05, 0) is 27.7 Å². The van der Waals surface area contributed by atoms with Gasteiger partial charge in [0, 0.05) is 51.4 Å². The van der Waals surface area contributed by atoms with E-state index in [1.54, 1.807) is 0 Å². The van der Waals surface area contributed by atoms with Gasteiger partial charge in [-0.2, -0.15) is 0 Å². The fraction of sp³-hybridized carbons (Fsp3) is 0.867. The van der Waals surface area contributed by atoms with Crippen LogP contribution < -0.4 is 16.4 Å². The van der Waals surface area contributed by atoms with E-state index < -0.39 is 11.1 Å². The van der Waals surface area contributed by atoms with Crippen molar-refractivity contribution in [3.8, 4) is 0 Å². The number of oxime groups is 1. The molecule has 0 bridgehead atoms. The fourth-order valence-electron chi connectivity index (χ4n) is 2.55. The highest BCUT2D eigenvalue weighted by Crippen LogP contribution is 2.15. The molecule has 7 nitrogen and oxygen atoms in total. The summed E-state index contributed by atoms with van der Waals surface area (Å²) in [6, 6.07) is 0. The van der Waals surface area contributed by atoms with Crippen LogP contribution in [0.4, 0.5) is 0 Å². The first kappa shape index (κ1) is 19.0. The van der Waals surface area contributed by atoms with Crippen molar-refractivity contribution >= 4 is 11.4 Å². The van der Waals surface area contributed by atoms with Gasteiger partial charge in [-0.3, -0.25) is 4.90 Å². The van der Waals surface area contributed by atoms with Gasteiger partial charge in [0.15, 0.2) is 0 Å². The molecule has 1 heterocycles. The summed E-state index contributed by atoms with van der Waals surface area (Å²) in [5, 5.41) is 28.0. The average molecular weight is 312 g/mol. The summed E-state index contributed by atoms with van der Waals surface area (Å²) in [4.78, 5) is 2.30. The van der Waals surface area contributed by atoms with Crippen LogP contribution in [-0.2, 0) is 0 Å². The molecule has 0 atom stereocenters. The van der Waals surface area contributed by atoms with Crippen molar-refractivity contribution < 1.29 is 5.21 Å². The third-order valence-corrected chi connectivity index (χ3v) is 4.38. The Balaban J connectivity index is 2.93. The van der Waals surface area contributed by atoms with E-state index in [0.717, 1.165) is 32.7 Å². The SMILES string of the molecule is CC1(C)NCCN(CCN)CCNC(C)(C)/C(=N\O)CC1=N. The minimum absolute atomic E-state index is 0.350. The van der Waals surface area contributed by atoms with Gasteiger partial charge in [-0.25, -0.2) is 0 Å². The minimum Gasteiger partial charge on any atom is -0.411 e. The highest BCUT2D eigenvalue weighted by Gasteiger charge is 2.31. The van der Waals surface area contributed by atoms with Gasteiger partial charge in [-0.1, -0.05) is 5.16 Å². The molecule has 0 amide bonds. The molecular formula is C15H32N6O. The van der Waals surface area contributed by atoms with E-state index in [4.69, 9.17) is 11.1 Å². The number of nitrogens with one attached hydrogen (secondary N) is 3. The van der Waals surface area contributed by atoms with E-state index in [0.29, 0.717) is 24.4 Å². The van der Waals surface area contributed by atoms with Gasteiger partial charge in [0.05, 0.1) is 16.8 Å². The quantitative estimate of drug-likeness (QED) is 0.370. The number of nitrogens with two attached hydrogens (primary N) is 1. The van der Waals surface area contributed by atoms with Crippen molar-refractivity contribution in [1.82, 2.24) is 15.5 Å². The minimum atomic E-state index is -0.454. The second-order valence-electron chi connectivity index (χ2n) is 6.94. The van der Waals surface area contributed by atoms with Crippen LogP contribution in [0.3, 0.4) is 0 Å². The molecule has 0 aromatic rings. The maximum atomic E-state index is 9.36. The van der Waals surface area contributed by atoms with E-state index in [-0.39, 0.29) is 0 Å². The molecule has 1 fully saturated rings. The van der Waals surface area contributed by atoms with Crippen molar-refractivity contribution in [3.63, 3.8) is 0 Å². The molecule has 1 rings (SSSR count). The summed E-state index contributed by atoms with van der Waals surface area (Å²) in [6.45, 7) is 12.8. The number of nitrogens with zero attached hydrogens (tertiary/aromatic N) is 2. The lowest BCUT2D eigenvalue weighted by Crippen LogP contribution is -2.55. The molecule has 0 spiro atoms. The van der Waals surface area contributed by atoms with E-state index >= 15 is 0 Å². The van der Waals surface area contributed by atoms with Crippen molar-refractivity contribution in [2.45, 2.75) is 45.2 Å². The van der Waals surface area contributed by atoms with E-state index in [1.807, 2.05) is 27.7 Å². The summed E-state index contributed by atoms with van der Waals surface area (Å²) in [6.07, 6.45) is 0.350. The molecule has 0 saturated carbocycles. The second-order valence-corrected chi connectivity index (χ2v) is 6.94. The second kappa shape index (κ2) is 8.01. The number of hydrogen-bond donors (Lipinski definition) is 5. The van der Waals surface area contributed by atoms with Gasteiger partial charge in [0.1, 0.15) is 0 Å². The zero-order valence-electron chi connectivity index (χ0n) is 14.4. The zero-order valence-corrected chi connectivity index (χ0v) is 14.4. The van der Waals surface area contributed by atoms with E-state index in [1.165, 1.54) is 0 Å². The Labute approximate surface area is 133 Å². The van der Waals surface area contributed by atoms with Crippen molar-refractivity contribution in [1.29, 1.82) is 5.41 Å². The van der Waals surface area contributed by atoms with Crippen LogP contribution in [-0.4, -0.2) is 71.9 Å². The van der Waals surface area contributed by atoms with E-state index in [2.05, 4.69) is 20.7 Å². The van der Waals surface area contributed by atoms with Crippen LogP contribution in [0.5, 0.6) is 0 Å². The number of hydrogen-bond acceptors (Lipinski definition) is 7. The van der Waals surface area contributed by atoms with Gasteiger partial charge >= 0.3 is 0 Å². The normalized spacial score (nSPS) is 26.4. The third-order valence-electron chi connectivity index (χ3n) is 4.38. The maximum Gasteiger partial charge on any atom is 0.0821 e. The molecule has 0 aromatic heterocycles. The van der Waals surface area contributed by atoms with Crippen LogP contribution in [0.1, 0.15) is 34.1 Å². The Kier molecular flexibility index (Phi) is 6.93. The molecule has 0 aliphatic carbocycles. The van der Waals surface area contributed by atoms with Crippen LogP contribution >= 0.6 is 0 Å². The molecule has 7 heteroatoms. The predicted molar refractivity (Wildman–Crippen MR) is 91.2 cm³/mol. The molecule has 0 radical (unpaired) electrons. The molecule has 0 aromatic carbocycles. The first-order valence-electron chi connectivity index (χ1n) is 7.94. The summed E-state index contributed by atoms with van der Waals surface area (Å²) in [7, 11) is 0. The van der Waals surface area contributed by atoms with Gasteiger partial charge in [-0.15, -0.1) is 0 Å².